The van der Waals surface area contributed by atoms with Gasteiger partial charge in [-0.2, -0.15) is 0 Å². The molecule has 0 radical (unpaired) electrons. The highest BCUT2D eigenvalue weighted by Crippen LogP contribution is 2.57. The first-order valence-corrected chi connectivity index (χ1v) is 20.9. The summed E-state index contributed by atoms with van der Waals surface area (Å²) in [5, 5.41) is 12.8. The Morgan fingerprint density at radius 1 is 0.300 bits per heavy atom. The number of fused-ring (bicyclic) bond motifs is 5. The van der Waals surface area contributed by atoms with E-state index in [1.807, 2.05) is 0 Å². The van der Waals surface area contributed by atoms with E-state index in [1.165, 1.54) is 109 Å². The molecule has 1 aliphatic rings. The Balaban J connectivity index is 1.07. The van der Waals surface area contributed by atoms with Gasteiger partial charge < -0.3 is 4.57 Å². The van der Waals surface area contributed by atoms with Crippen molar-refractivity contribution in [2.24, 2.45) is 0 Å². The minimum Gasteiger partial charge on any atom is -0.309 e. The number of benzene rings is 11. The molecule has 0 fully saturated rings. The first-order valence-electron chi connectivity index (χ1n) is 20.9. The van der Waals surface area contributed by atoms with Gasteiger partial charge in [0.1, 0.15) is 0 Å². The summed E-state index contributed by atoms with van der Waals surface area (Å²) < 4.78 is 2.40. The van der Waals surface area contributed by atoms with E-state index in [4.69, 9.17) is 0 Å². The molecule has 278 valence electrons. The van der Waals surface area contributed by atoms with Crippen molar-refractivity contribution in [1.82, 2.24) is 4.57 Å². The molecule has 12 aromatic rings. The zero-order valence-corrected chi connectivity index (χ0v) is 32.8. The Labute approximate surface area is 348 Å². The standard InChI is InChI=1S/C59H37N/c1-3-17-42(18-4-1)59(43-19-5-2-6-20-43)51-27-15-16-38-30-31-40-36-41(37-52(59)58(40)57(38)51)56-49-25-9-7-23-47(49)55(48-24-8-10-26-50(48)56)39-32-34-44(35-33-39)60-53-28-13-11-21-45(53)46-22-12-14-29-54(46)60/h1-37H. The first kappa shape index (κ1) is 33.3. The summed E-state index contributed by atoms with van der Waals surface area (Å²) in [6.07, 6.45) is 0. The van der Waals surface area contributed by atoms with Crippen LogP contribution in [0, 0.1) is 0 Å². The van der Waals surface area contributed by atoms with Gasteiger partial charge in [0.15, 0.2) is 0 Å². The van der Waals surface area contributed by atoms with E-state index < -0.39 is 5.41 Å². The maximum atomic E-state index is 2.54. The molecule has 0 amide bonds. The average Bonchev–Trinajstić information content (AvgIpc) is 3.82. The molecule has 1 heteroatoms. The molecule has 1 nitrogen and oxygen atoms in total. The van der Waals surface area contributed by atoms with Crippen LogP contribution in [-0.2, 0) is 5.41 Å². The number of rotatable bonds is 5. The number of hydrogen-bond acceptors (Lipinski definition) is 0. The minimum atomic E-state index is -0.483. The third kappa shape index (κ3) is 4.47. The Morgan fingerprint density at radius 3 is 1.33 bits per heavy atom. The molecular weight excluding hydrogens is 723 g/mol. The van der Waals surface area contributed by atoms with Crippen LogP contribution in [0.4, 0.5) is 0 Å². The van der Waals surface area contributed by atoms with Gasteiger partial charge in [-0.1, -0.05) is 188 Å². The van der Waals surface area contributed by atoms with Crippen LogP contribution in [0.2, 0.25) is 0 Å². The lowest BCUT2D eigenvalue weighted by molar-refractivity contribution is 0.772. The largest absolute Gasteiger partial charge is 0.309 e. The zero-order chi connectivity index (χ0) is 39.4. The molecule has 1 heterocycles. The molecule has 0 unspecified atom stereocenters. The molecule has 0 aliphatic heterocycles. The van der Waals surface area contributed by atoms with E-state index in [2.05, 4.69) is 229 Å². The fourth-order valence-electron chi connectivity index (χ4n) is 11.0. The van der Waals surface area contributed by atoms with Crippen LogP contribution < -0.4 is 0 Å². The van der Waals surface area contributed by atoms with Gasteiger partial charge in [0, 0.05) is 16.5 Å². The second-order valence-electron chi connectivity index (χ2n) is 16.3. The van der Waals surface area contributed by atoms with Crippen molar-refractivity contribution < 1.29 is 0 Å². The number of nitrogens with zero attached hydrogens (tertiary/aromatic N) is 1. The molecule has 0 saturated carbocycles. The highest BCUT2D eigenvalue weighted by molar-refractivity contribution is 6.23. The predicted octanol–water partition coefficient (Wildman–Crippen LogP) is 15.4. The van der Waals surface area contributed by atoms with Crippen LogP contribution in [0.5, 0.6) is 0 Å². The van der Waals surface area contributed by atoms with Gasteiger partial charge in [-0.05, 0) is 124 Å². The van der Waals surface area contributed by atoms with Crippen molar-refractivity contribution in [2.75, 3.05) is 0 Å². The van der Waals surface area contributed by atoms with Gasteiger partial charge in [0.2, 0.25) is 0 Å². The highest BCUT2D eigenvalue weighted by Gasteiger charge is 2.45. The van der Waals surface area contributed by atoms with Crippen molar-refractivity contribution in [3.8, 4) is 27.9 Å². The third-order valence-corrected chi connectivity index (χ3v) is 13.4. The zero-order valence-electron chi connectivity index (χ0n) is 32.8. The van der Waals surface area contributed by atoms with Crippen molar-refractivity contribution in [3.05, 3.63) is 247 Å². The molecule has 0 spiro atoms. The van der Waals surface area contributed by atoms with Crippen molar-refractivity contribution in [1.29, 1.82) is 0 Å². The summed E-state index contributed by atoms with van der Waals surface area (Å²) in [7, 11) is 0. The number of hydrogen-bond donors (Lipinski definition) is 0. The quantitative estimate of drug-likeness (QED) is 0.122. The van der Waals surface area contributed by atoms with Crippen LogP contribution in [0.1, 0.15) is 22.3 Å². The lowest BCUT2D eigenvalue weighted by Gasteiger charge is -2.34. The fraction of sp³-hybridized carbons (Fsp3) is 0.0169. The van der Waals surface area contributed by atoms with Crippen LogP contribution >= 0.6 is 0 Å². The Hall–Kier alpha value is -7.74. The van der Waals surface area contributed by atoms with E-state index in [0.717, 1.165) is 5.69 Å². The molecule has 1 aromatic heterocycles. The predicted molar refractivity (Wildman–Crippen MR) is 254 cm³/mol. The molecule has 13 rings (SSSR count). The summed E-state index contributed by atoms with van der Waals surface area (Å²) in [5.74, 6) is 0. The Morgan fingerprint density at radius 2 is 0.767 bits per heavy atom. The summed E-state index contributed by atoms with van der Waals surface area (Å²) in [5.41, 5.74) is 13.4. The monoisotopic (exact) mass is 759 g/mol. The lowest BCUT2D eigenvalue weighted by Crippen LogP contribution is -2.28. The second kappa shape index (κ2) is 12.6. The van der Waals surface area contributed by atoms with Crippen LogP contribution in [0.25, 0.3) is 92.8 Å². The van der Waals surface area contributed by atoms with Crippen molar-refractivity contribution in [2.45, 2.75) is 5.41 Å². The Bertz CT molecular complexity index is 3540. The smallest absolute Gasteiger partial charge is 0.0714 e. The topological polar surface area (TPSA) is 4.93 Å². The van der Waals surface area contributed by atoms with Crippen LogP contribution in [0.3, 0.4) is 0 Å². The third-order valence-electron chi connectivity index (χ3n) is 13.4. The lowest BCUT2D eigenvalue weighted by atomic mass is 9.67. The summed E-state index contributed by atoms with van der Waals surface area (Å²) in [6, 6.07) is 83.7. The van der Waals surface area contributed by atoms with Gasteiger partial charge in [-0.25, -0.2) is 0 Å². The van der Waals surface area contributed by atoms with Crippen molar-refractivity contribution in [3.63, 3.8) is 0 Å². The SMILES string of the molecule is c1ccc(C2(c3ccccc3)c3cccc4ccc5cc(-c6c7ccccc7c(-c7ccc(-n8c9ccccc9c9ccccc98)cc7)c7ccccc67)cc2c5c34)cc1. The molecule has 0 saturated heterocycles. The Kier molecular flexibility index (Phi) is 7.00. The molecular formula is C59H37N. The van der Waals surface area contributed by atoms with Gasteiger partial charge in [0.05, 0.1) is 16.4 Å². The molecule has 11 aromatic carbocycles. The molecule has 0 bridgehead atoms. The minimum absolute atomic E-state index is 0.483. The number of para-hydroxylation sites is 2. The highest BCUT2D eigenvalue weighted by atomic mass is 15.0. The summed E-state index contributed by atoms with van der Waals surface area (Å²) in [4.78, 5) is 0. The molecule has 0 atom stereocenters. The van der Waals surface area contributed by atoms with Crippen LogP contribution in [0.15, 0.2) is 224 Å². The summed E-state index contributed by atoms with van der Waals surface area (Å²) >= 11 is 0. The maximum absolute atomic E-state index is 2.54. The fourth-order valence-corrected chi connectivity index (χ4v) is 11.0. The van der Waals surface area contributed by atoms with Gasteiger partial charge >= 0.3 is 0 Å². The van der Waals surface area contributed by atoms with Gasteiger partial charge in [0.25, 0.3) is 0 Å². The van der Waals surface area contributed by atoms with E-state index in [9.17, 15) is 0 Å². The van der Waals surface area contributed by atoms with E-state index >= 15 is 0 Å². The maximum Gasteiger partial charge on any atom is 0.0714 e. The van der Waals surface area contributed by atoms with Gasteiger partial charge in [-0.3, -0.25) is 0 Å². The van der Waals surface area contributed by atoms with E-state index in [1.54, 1.807) is 0 Å². The second-order valence-corrected chi connectivity index (χ2v) is 16.3. The van der Waals surface area contributed by atoms with Gasteiger partial charge in [-0.15, -0.1) is 0 Å². The first-order chi connectivity index (χ1) is 29.8. The van der Waals surface area contributed by atoms with E-state index in [-0.39, 0.29) is 0 Å². The average molecular weight is 760 g/mol. The van der Waals surface area contributed by atoms with E-state index in [0.29, 0.717) is 0 Å². The molecule has 0 N–H and O–H groups in total. The van der Waals surface area contributed by atoms with Crippen molar-refractivity contribution >= 4 is 64.9 Å². The normalized spacial score (nSPS) is 13.1. The summed E-state index contributed by atoms with van der Waals surface area (Å²) in [6.45, 7) is 0. The molecule has 1 aliphatic carbocycles. The van der Waals surface area contributed by atoms with Crippen LogP contribution in [-0.4, -0.2) is 4.57 Å². The number of aromatic nitrogens is 1. The molecule has 60 heavy (non-hydrogen) atoms.